The lowest BCUT2D eigenvalue weighted by atomic mass is 9.99. The summed E-state index contributed by atoms with van der Waals surface area (Å²) < 4.78 is 0. The number of unbranched alkanes of at least 4 members (excludes halogenated alkanes) is 9. The van der Waals surface area contributed by atoms with Crippen molar-refractivity contribution in [2.24, 2.45) is 0 Å². The molecule has 3 atom stereocenters. The van der Waals surface area contributed by atoms with Crippen LogP contribution in [0.25, 0.3) is 0 Å². The second-order valence-corrected chi connectivity index (χ2v) is 7.64. The minimum Gasteiger partial charge on any atom is -0.480 e. The van der Waals surface area contributed by atoms with E-state index < -0.39 is 30.8 Å². The first-order valence-electron chi connectivity index (χ1n) is 10.9. The number of amides is 1. The largest absolute Gasteiger partial charge is 0.480 e. The third-order valence-electron chi connectivity index (χ3n) is 5.02. The van der Waals surface area contributed by atoms with Gasteiger partial charge in [-0.25, -0.2) is 4.79 Å². The van der Waals surface area contributed by atoms with E-state index in [1.54, 1.807) is 0 Å². The summed E-state index contributed by atoms with van der Waals surface area (Å²) in [6, 6.07) is -1.24. The van der Waals surface area contributed by atoms with Crippen LogP contribution in [0, 0.1) is 0 Å². The number of carbonyl (C=O) groups is 2. The van der Waals surface area contributed by atoms with Crippen molar-refractivity contribution >= 4 is 11.9 Å². The Labute approximate surface area is 169 Å². The van der Waals surface area contributed by atoms with Gasteiger partial charge in [0, 0.05) is 6.42 Å². The number of carboxylic acids is 1. The number of aliphatic hydroxyl groups is 3. The molecule has 0 bridgehead atoms. The molecule has 5 N–H and O–H groups in total. The van der Waals surface area contributed by atoms with E-state index in [0.29, 0.717) is 19.3 Å². The Hall–Kier alpha value is -1.18. The number of aliphatic carboxylic acids is 1. The summed E-state index contributed by atoms with van der Waals surface area (Å²) in [6.45, 7) is 1.57. The van der Waals surface area contributed by atoms with Crippen LogP contribution in [0.3, 0.4) is 0 Å². The molecule has 7 nitrogen and oxygen atoms in total. The molecule has 28 heavy (non-hydrogen) atoms. The molecule has 0 rings (SSSR count). The van der Waals surface area contributed by atoms with Crippen molar-refractivity contribution in [3.8, 4) is 0 Å². The van der Waals surface area contributed by atoms with Gasteiger partial charge < -0.3 is 25.7 Å². The highest BCUT2D eigenvalue weighted by Crippen LogP contribution is 2.15. The molecule has 0 aromatic rings. The van der Waals surface area contributed by atoms with Crippen LogP contribution in [0.15, 0.2) is 0 Å². The maximum Gasteiger partial charge on any atom is 0.328 e. The Balaban J connectivity index is 3.58. The van der Waals surface area contributed by atoms with Gasteiger partial charge >= 0.3 is 5.97 Å². The molecular weight excluding hydrogens is 362 g/mol. The molecule has 0 heterocycles. The van der Waals surface area contributed by atoms with E-state index in [4.69, 9.17) is 10.2 Å². The highest BCUT2D eigenvalue weighted by Gasteiger charge is 2.18. The van der Waals surface area contributed by atoms with E-state index in [1.165, 1.54) is 25.7 Å². The van der Waals surface area contributed by atoms with Gasteiger partial charge in [0.05, 0.1) is 18.8 Å². The molecule has 166 valence electrons. The standard InChI is InChI=1S/C21H41NO6/c1-2-3-4-5-7-10-13-18(24)19(25)14-11-8-6-9-12-15-20(26)22-17(16-23)21(27)28/h17-19,23-25H,2-16H2,1H3,(H,22,26)(H,27,28). The molecule has 0 saturated heterocycles. The predicted octanol–water partition coefficient (Wildman–Crippen LogP) is 2.75. The summed E-state index contributed by atoms with van der Waals surface area (Å²) in [5.74, 6) is -1.61. The van der Waals surface area contributed by atoms with Gasteiger partial charge in [0.2, 0.25) is 5.91 Å². The van der Waals surface area contributed by atoms with Gasteiger partial charge in [-0.1, -0.05) is 71.1 Å². The molecule has 3 unspecified atom stereocenters. The predicted molar refractivity (Wildman–Crippen MR) is 109 cm³/mol. The highest BCUT2D eigenvalue weighted by molar-refractivity contribution is 5.83. The lowest BCUT2D eigenvalue weighted by Gasteiger charge is -2.17. The summed E-state index contributed by atoms with van der Waals surface area (Å²) in [4.78, 5) is 22.3. The monoisotopic (exact) mass is 403 g/mol. The molecular formula is C21H41NO6. The lowest BCUT2D eigenvalue weighted by molar-refractivity contribution is -0.142. The van der Waals surface area contributed by atoms with Crippen molar-refractivity contribution in [1.29, 1.82) is 0 Å². The Bertz CT molecular complexity index is 404. The molecule has 0 aliphatic heterocycles. The number of aliphatic hydroxyl groups excluding tert-OH is 3. The van der Waals surface area contributed by atoms with Crippen molar-refractivity contribution in [3.05, 3.63) is 0 Å². The van der Waals surface area contributed by atoms with Crippen molar-refractivity contribution in [3.63, 3.8) is 0 Å². The number of hydrogen-bond acceptors (Lipinski definition) is 5. The molecule has 0 fully saturated rings. The Kier molecular flexibility index (Phi) is 17.1. The topological polar surface area (TPSA) is 127 Å². The van der Waals surface area contributed by atoms with E-state index in [0.717, 1.165) is 38.5 Å². The van der Waals surface area contributed by atoms with Gasteiger partial charge in [-0.3, -0.25) is 4.79 Å². The Morgan fingerprint density at radius 3 is 1.71 bits per heavy atom. The van der Waals surface area contributed by atoms with E-state index in [1.807, 2.05) is 0 Å². The van der Waals surface area contributed by atoms with Crippen LogP contribution in [0.4, 0.5) is 0 Å². The van der Waals surface area contributed by atoms with E-state index in [2.05, 4.69) is 12.2 Å². The second kappa shape index (κ2) is 17.9. The zero-order chi connectivity index (χ0) is 21.2. The molecule has 0 radical (unpaired) electrons. The van der Waals surface area contributed by atoms with Gasteiger partial charge in [-0.2, -0.15) is 0 Å². The zero-order valence-electron chi connectivity index (χ0n) is 17.4. The Morgan fingerprint density at radius 1 is 0.786 bits per heavy atom. The lowest BCUT2D eigenvalue weighted by Crippen LogP contribution is -2.43. The maximum absolute atomic E-state index is 11.6. The average molecular weight is 404 g/mol. The fraction of sp³-hybridized carbons (Fsp3) is 0.905. The zero-order valence-corrected chi connectivity index (χ0v) is 17.4. The number of carboxylic acid groups (broad SMARTS) is 1. The first-order valence-corrected chi connectivity index (χ1v) is 10.9. The fourth-order valence-electron chi connectivity index (χ4n) is 3.14. The van der Waals surface area contributed by atoms with Gasteiger partial charge in [0.25, 0.3) is 0 Å². The third-order valence-corrected chi connectivity index (χ3v) is 5.02. The third kappa shape index (κ3) is 14.8. The molecule has 0 saturated carbocycles. The number of rotatable bonds is 19. The highest BCUT2D eigenvalue weighted by atomic mass is 16.4. The first kappa shape index (κ1) is 26.8. The minimum atomic E-state index is -1.24. The van der Waals surface area contributed by atoms with E-state index in [9.17, 15) is 19.8 Å². The van der Waals surface area contributed by atoms with Crippen molar-refractivity contribution in [2.75, 3.05) is 6.61 Å². The van der Waals surface area contributed by atoms with Crippen LogP contribution < -0.4 is 5.32 Å². The molecule has 0 spiro atoms. The normalized spacial score (nSPS) is 14.4. The van der Waals surface area contributed by atoms with Crippen LogP contribution in [0.1, 0.15) is 96.8 Å². The van der Waals surface area contributed by atoms with Gasteiger partial charge in [-0.05, 0) is 19.3 Å². The number of nitrogens with one attached hydrogen (secondary N) is 1. The van der Waals surface area contributed by atoms with Crippen LogP contribution in [-0.2, 0) is 9.59 Å². The van der Waals surface area contributed by atoms with Gasteiger partial charge in [0.15, 0.2) is 0 Å². The van der Waals surface area contributed by atoms with E-state index in [-0.39, 0.29) is 12.3 Å². The maximum atomic E-state index is 11.6. The molecule has 0 aliphatic carbocycles. The van der Waals surface area contributed by atoms with Crippen molar-refractivity contribution in [1.82, 2.24) is 5.32 Å². The smallest absolute Gasteiger partial charge is 0.328 e. The quantitative estimate of drug-likeness (QED) is 0.211. The van der Waals surface area contributed by atoms with Gasteiger partial charge in [0.1, 0.15) is 6.04 Å². The summed E-state index contributed by atoms with van der Waals surface area (Å²) in [5, 5.41) is 39.9. The van der Waals surface area contributed by atoms with Crippen molar-refractivity contribution < 1.29 is 30.0 Å². The van der Waals surface area contributed by atoms with Crippen LogP contribution in [0.5, 0.6) is 0 Å². The Morgan fingerprint density at radius 2 is 1.25 bits per heavy atom. The van der Waals surface area contributed by atoms with Gasteiger partial charge in [-0.15, -0.1) is 0 Å². The minimum absolute atomic E-state index is 0.239. The van der Waals surface area contributed by atoms with Crippen LogP contribution >= 0.6 is 0 Å². The fourth-order valence-corrected chi connectivity index (χ4v) is 3.14. The van der Waals surface area contributed by atoms with Crippen LogP contribution in [-0.4, -0.2) is 57.2 Å². The summed E-state index contributed by atoms with van der Waals surface area (Å²) in [5.41, 5.74) is 0. The first-order chi connectivity index (χ1) is 13.4. The van der Waals surface area contributed by atoms with Crippen molar-refractivity contribution in [2.45, 2.75) is 115 Å². The molecule has 0 aromatic carbocycles. The summed E-state index contributed by atoms with van der Waals surface area (Å²) in [7, 11) is 0. The second-order valence-electron chi connectivity index (χ2n) is 7.64. The van der Waals surface area contributed by atoms with Crippen LogP contribution in [0.2, 0.25) is 0 Å². The SMILES string of the molecule is CCCCCCCCC(O)C(O)CCCCCCCC(=O)NC(CO)C(=O)O. The average Bonchev–Trinajstić information content (AvgIpc) is 2.67. The molecule has 1 amide bonds. The molecule has 0 aromatic heterocycles. The number of carbonyl (C=O) groups excluding carboxylic acids is 1. The summed E-state index contributed by atoms with van der Waals surface area (Å²) >= 11 is 0. The molecule has 0 aliphatic rings. The van der Waals surface area contributed by atoms with E-state index >= 15 is 0 Å². The number of hydrogen-bond donors (Lipinski definition) is 5. The molecule has 7 heteroatoms. The summed E-state index contributed by atoms with van der Waals surface area (Å²) in [6.07, 6.45) is 11.4.